The standard InChI is InChI=1S/C20H42NO6P.H2O/c1-21(2,3)18-19(17-20(22)23)27-28(24)26-16-14-12-10-8-6-5-7-9-11-13-15-25-4;/h19,24H,5-18H2,1-4H3;1H2/t19?,28-;/m0./s1. The minimum Gasteiger partial charge on any atom is -0.870 e. The van der Waals surface area contributed by atoms with Gasteiger partial charge in [-0.1, -0.05) is 51.4 Å². The lowest BCUT2D eigenvalue weighted by Gasteiger charge is -2.29. The Morgan fingerprint density at radius 3 is 1.76 bits per heavy atom. The molecule has 0 radical (unpaired) electrons. The summed E-state index contributed by atoms with van der Waals surface area (Å²) in [6, 6.07) is 0. The van der Waals surface area contributed by atoms with E-state index >= 15 is 0 Å². The Morgan fingerprint density at radius 1 is 0.897 bits per heavy atom. The summed E-state index contributed by atoms with van der Waals surface area (Å²) in [5.41, 5.74) is 0. The molecule has 0 spiro atoms. The highest BCUT2D eigenvalue weighted by Crippen LogP contribution is 2.36. The highest BCUT2D eigenvalue weighted by atomic mass is 31.2. The van der Waals surface area contributed by atoms with Crippen molar-refractivity contribution in [2.45, 2.75) is 76.7 Å². The van der Waals surface area contributed by atoms with E-state index in [1.54, 1.807) is 7.11 Å². The SMILES string of the molecule is COCCCCCCCCCCCCO[P@](O)OC(CC(=O)O)C[N+](C)(C)C.[OH-]. The maximum Gasteiger partial charge on any atom is 0.330 e. The summed E-state index contributed by atoms with van der Waals surface area (Å²) in [5, 5.41) is 8.99. The number of ether oxygens (including phenoxy) is 1. The second-order valence-electron chi connectivity index (χ2n) is 8.40. The predicted molar refractivity (Wildman–Crippen MR) is 115 cm³/mol. The summed E-state index contributed by atoms with van der Waals surface area (Å²) in [6.07, 6.45) is 11.3. The van der Waals surface area contributed by atoms with Crippen molar-refractivity contribution in [2.24, 2.45) is 0 Å². The zero-order valence-electron chi connectivity index (χ0n) is 18.8. The van der Waals surface area contributed by atoms with E-state index in [1.807, 2.05) is 21.1 Å². The molecule has 0 bridgehead atoms. The molecule has 0 aromatic heterocycles. The minimum absolute atomic E-state index is 0. The van der Waals surface area contributed by atoms with Gasteiger partial charge in [-0.25, -0.2) is 0 Å². The third-order valence-electron chi connectivity index (χ3n) is 4.34. The first-order valence-electron chi connectivity index (χ1n) is 10.5. The highest BCUT2D eigenvalue weighted by molar-refractivity contribution is 7.40. The number of carboxylic acid groups (broad SMARTS) is 1. The van der Waals surface area contributed by atoms with Gasteiger partial charge in [0.2, 0.25) is 0 Å². The fourth-order valence-corrected chi connectivity index (χ4v) is 3.75. The fraction of sp³-hybridized carbons (Fsp3) is 0.950. The number of hydrogen-bond acceptors (Lipinski definition) is 6. The van der Waals surface area contributed by atoms with E-state index in [0.717, 1.165) is 19.4 Å². The van der Waals surface area contributed by atoms with E-state index in [9.17, 15) is 9.69 Å². The van der Waals surface area contributed by atoms with E-state index in [1.165, 1.54) is 51.4 Å². The first-order chi connectivity index (χ1) is 13.2. The van der Waals surface area contributed by atoms with Crippen LogP contribution in [0.4, 0.5) is 0 Å². The van der Waals surface area contributed by atoms with Crippen molar-refractivity contribution in [1.29, 1.82) is 0 Å². The number of carboxylic acids is 1. The number of likely N-dealkylation sites (N-methyl/N-ethyl adjacent to an activating group) is 1. The lowest BCUT2D eigenvalue weighted by molar-refractivity contribution is -0.873. The number of rotatable bonds is 20. The Morgan fingerprint density at radius 2 is 1.34 bits per heavy atom. The average molecular weight is 442 g/mol. The van der Waals surface area contributed by atoms with Crippen molar-refractivity contribution in [3.63, 3.8) is 0 Å². The van der Waals surface area contributed by atoms with Gasteiger partial charge in [0.15, 0.2) is 0 Å². The molecule has 176 valence electrons. The monoisotopic (exact) mass is 441 g/mol. The van der Waals surface area contributed by atoms with Gasteiger partial charge in [0.05, 0.1) is 34.2 Å². The van der Waals surface area contributed by atoms with Crippen LogP contribution in [-0.2, 0) is 18.6 Å². The van der Waals surface area contributed by atoms with Gasteiger partial charge in [-0.05, 0) is 12.8 Å². The molecule has 0 aliphatic rings. The molecule has 0 rings (SSSR count). The topological polar surface area (TPSA) is 115 Å². The van der Waals surface area contributed by atoms with Gasteiger partial charge in [-0.3, -0.25) is 4.79 Å². The number of hydrogen-bond donors (Lipinski definition) is 2. The van der Waals surface area contributed by atoms with Crippen LogP contribution in [0.15, 0.2) is 0 Å². The Hall–Kier alpha value is -0.340. The number of unbranched alkanes of at least 4 members (excludes halogenated alkanes) is 9. The molecule has 0 saturated heterocycles. The van der Waals surface area contributed by atoms with E-state index < -0.39 is 20.7 Å². The zero-order chi connectivity index (χ0) is 21.3. The summed E-state index contributed by atoms with van der Waals surface area (Å²) in [4.78, 5) is 20.9. The minimum atomic E-state index is -2.03. The first-order valence-corrected chi connectivity index (χ1v) is 11.7. The largest absolute Gasteiger partial charge is 0.870 e. The quantitative estimate of drug-likeness (QED) is 0.166. The molecule has 0 aliphatic heterocycles. The smallest absolute Gasteiger partial charge is 0.330 e. The predicted octanol–water partition coefficient (Wildman–Crippen LogP) is 4.16. The van der Waals surface area contributed by atoms with Crippen LogP contribution in [0.5, 0.6) is 0 Å². The summed E-state index contributed by atoms with van der Waals surface area (Å²) >= 11 is 0. The summed E-state index contributed by atoms with van der Waals surface area (Å²) in [5.74, 6) is -0.933. The maximum atomic E-state index is 11.0. The van der Waals surface area contributed by atoms with Crippen molar-refractivity contribution in [1.82, 2.24) is 0 Å². The van der Waals surface area contributed by atoms with Gasteiger partial charge in [0, 0.05) is 13.7 Å². The summed E-state index contributed by atoms with van der Waals surface area (Å²) < 4.78 is 16.4. The van der Waals surface area contributed by atoms with Crippen molar-refractivity contribution in [2.75, 3.05) is 48.0 Å². The van der Waals surface area contributed by atoms with Gasteiger partial charge in [-0.2, -0.15) is 0 Å². The van der Waals surface area contributed by atoms with Crippen LogP contribution in [0.25, 0.3) is 0 Å². The molecule has 29 heavy (non-hydrogen) atoms. The second kappa shape index (κ2) is 19.6. The van der Waals surface area contributed by atoms with Gasteiger partial charge in [0.25, 0.3) is 0 Å². The Bertz CT molecular complexity index is 380. The molecule has 0 saturated carbocycles. The van der Waals surface area contributed by atoms with Gasteiger partial charge < -0.3 is 33.7 Å². The van der Waals surface area contributed by atoms with Crippen LogP contribution in [0.2, 0.25) is 0 Å². The molecular weight excluding hydrogens is 397 g/mol. The Kier molecular flexibility index (Phi) is 20.9. The number of nitrogens with zero attached hydrogens (tertiary/aromatic N) is 1. The van der Waals surface area contributed by atoms with Crippen molar-refractivity contribution in [3.8, 4) is 0 Å². The van der Waals surface area contributed by atoms with E-state index in [4.69, 9.17) is 18.9 Å². The van der Waals surface area contributed by atoms with Crippen LogP contribution in [0.3, 0.4) is 0 Å². The average Bonchev–Trinajstić information content (AvgIpc) is 2.56. The van der Waals surface area contributed by atoms with Crippen LogP contribution < -0.4 is 0 Å². The molecule has 3 N–H and O–H groups in total. The van der Waals surface area contributed by atoms with Crippen LogP contribution >= 0.6 is 8.60 Å². The van der Waals surface area contributed by atoms with Gasteiger partial charge in [-0.15, -0.1) is 0 Å². The van der Waals surface area contributed by atoms with Gasteiger partial charge >= 0.3 is 14.6 Å². The van der Waals surface area contributed by atoms with Crippen LogP contribution in [0.1, 0.15) is 70.6 Å². The third-order valence-corrected chi connectivity index (χ3v) is 5.22. The molecule has 0 amide bonds. The van der Waals surface area contributed by atoms with Crippen LogP contribution in [-0.4, -0.2) is 80.0 Å². The molecule has 9 heteroatoms. The molecule has 0 heterocycles. The normalized spacial score (nSPS) is 13.7. The van der Waals surface area contributed by atoms with E-state index in [-0.39, 0.29) is 11.9 Å². The van der Waals surface area contributed by atoms with Gasteiger partial charge in [0.1, 0.15) is 12.6 Å². The van der Waals surface area contributed by atoms with Crippen molar-refractivity contribution in [3.05, 3.63) is 0 Å². The maximum absolute atomic E-state index is 11.0. The molecular formula is C20H44NO7P. The lowest BCUT2D eigenvalue weighted by atomic mass is 10.1. The number of carbonyl (C=O) groups is 1. The number of methoxy groups -OCH3 is 1. The number of quaternary nitrogens is 1. The third kappa shape index (κ3) is 23.8. The Labute approximate surface area is 178 Å². The molecule has 1 unspecified atom stereocenters. The Balaban J connectivity index is 0. The van der Waals surface area contributed by atoms with E-state index in [2.05, 4.69) is 0 Å². The molecule has 0 aromatic carbocycles. The lowest BCUT2D eigenvalue weighted by Crippen LogP contribution is -2.42. The molecule has 0 fully saturated rings. The molecule has 0 aliphatic carbocycles. The van der Waals surface area contributed by atoms with Crippen molar-refractivity contribution < 1.29 is 38.5 Å². The van der Waals surface area contributed by atoms with Crippen molar-refractivity contribution >= 4 is 14.6 Å². The molecule has 0 aromatic rings. The molecule has 8 nitrogen and oxygen atoms in total. The first kappa shape index (κ1) is 30.9. The molecule has 2 atom stereocenters. The summed E-state index contributed by atoms with van der Waals surface area (Å²) in [7, 11) is 5.60. The number of aliphatic carboxylic acids is 1. The fourth-order valence-electron chi connectivity index (χ4n) is 3.00. The van der Waals surface area contributed by atoms with Crippen LogP contribution in [0, 0.1) is 0 Å². The zero-order valence-corrected chi connectivity index (χ0v) is 19.7. The van der Waals surface area contributed by atoms with E-state index in [0.29, 0.717) is 17.6 Å². The highest BCUT2D eigenvalue weighted by Gasteiger charge is 2.25. The summed E-state index contributed by atoms with van der Waals surface area (Å²) in [6.45, 7) is 1.83. The second-order valence-corrected chi connectivity index (χ2v) is 9.34.